The van der Waals surface area contributed by atoms with E-state index in [0.29, 0.717) is 31.2 Å². The van der Waals surface area contributed by atoms with E-state index < -0.39 is 0 Å². The fourth-order valence-corrected chi connectivity index (χ4v) is 2.79. The van der Waals surface area contributed by atoms with Crippen molar-refractivity contribution in [3.63, 3.8) is 0 Å². The molecule has 0 aliphatic rings. The van der Waals surface area contributed by atoms with Crippen LogP contribution >= 0.6 is 0 Å². The molecule has 156 valence electrons. The molecule has 0 spiro atoms. The van der Waals surface area contributed by atoms with Gasteiger partial charge in [-0.25, -0.2) is 4.68 Å². The highest BCUT2D eigenvalue weighted by molar-refractivity contribution is 5.75. The lowest BCUT2D eigenvalue weighted by atomic mass is 10.1. The standard InChI is InChI=1S/C23H25N3O4/c1-3-29-19-8-10-20(11-9-19)30-15-14-24-22(27)16-26-23(28)13-12-21(25-26)18-6-4-17(2)5-7-18/h4-13H,3,14-16H2,1-2H3,(H,24,27). The number of nitrogens with one attached hydrogen (secondary N) is 1. The highest BCUT2D eigenvalue weighted by Crippen LogP contribution is 2.17. The molecule has 0 unspecified atom stereocenters. The zero-order valence-electron chi connectivity index (χ0n) is 17.1. The summed E-state index contributed by atoms with van der Waals surface area (Å²) in [7, 11) is 0. The Kier molecular flexibility index (Phi) is 7.21. The van der Waals surface area contributed by atoms with Crippen LogP contribution in [-0.4, -0.2) is 35.4 Å². The first kappa shape index (κ1) is 21.1. The van der Waals surface area contributed by atoms with Crippen LogP contribution in [0.3, 0.4) is 0 Å². The molecule has 0 fully saturated rings. The summed E-state index contributed by atoms with van der Waals surface area (Å²) in [5.41, 5.74) is 2.34. The average Bonchev–Trinajstić information content (AvgIpc) is 2.75. The van der Waals surface area contributed by atoms with E-state index in [1.165, 1.54) is 6.07 Å². The molecule has 1 amide bonds. The molecule has 0 aliphatic carbocycles. The second-order valence-corrected chi connectivity index (χ2v) is 6.68. The normalized spacial score (nSPS) is 10.5. The number of amides is 1. The van der Waals surface area contributed by atoms with Gasteiger partial charge in [-0.05, 0) is 44.2 Å². The topological polar surface area (TPSA) is 82.4 Å². The number of aromatic nitrogens is 2. The maximum absolute atomic E-state index is 12.2. The predicted octanol–water partition coefficient (Wildman–Crippen LogP) is 2.81. The van der Waals surface area contributed by atoms with E-state index in [1.54, 1.807) is 6.07 Å². The van der Waals surface area contributed by atoms with Crippen molar-refractivity contribution in [1.29, 1.82) is 0 Å². The summed E-state index contributed by atoms with van der Waals surface area (Å²) in [4.78, 5) is 24.3. The Morgan fingerprint density at radius 3 is 2.30 bits per heavy atom. The number of aryl methyl sites for hydroxylation is 1. The number of nitrogens with zero attached hydrogens (tertiary/aromatic N) is 2. The van der Waals surface area contributed by atoms with E-state index in [2.05, 4.69) is 10.4 Å². The van der Waals surface area contributed by atoms with E-state index in [-0.39, 0.29) is 18.0 Å². The van der Waals surface area contributed by atoms with Crippen LogP contribution in [0.2, 0.25) is 0 Å². The quantitative estimate of drug-likeness (QED) is 0.552. The smallest absolute Gasteiger partial charge is 0.267 e. The van der Waals surface area contributed by atoms with Crippen molar-refractivity contribution >= 4 is 5.91 Å². The van der Waals surface area contributed by atoms with E-state index >= 15 is 0 Å². The van der Waals surface area contributed by atoms with Crippen LogP contribution in [0.25, 0.3) is 11.3 Å². The predicted molar refractivity (Wildman–Crippen MR) is 115 cm³/mol. The lowest BCUT2D eigenvalue weighted by Gasteiger charge is -2.10. The second-order valence-electron chi connectivity index (χ2n) is 6.68. The van der Waals surface area contributed by atoms with Crippen molar-refractivity contribution in [1.82, 2.24) is 15.1 Å². The van der Waals surface area contributed by atoms with Gasteiger partial charge in [-0.15, -0.1) is 0 Å². The van der Waals surface area contributed by atoms with Crippen molar-refractivity contribution in [3.05, 3.63) is 76.6 Å². The van der Waals surface area contributed by atoms with Gasteiger partial charge in [0.2, 0.25) is 5.91 Å². The summed E-state index contributed by atoms with van der Waals surface area (Å²) < 4.78 is 12.1. The van der Waals surface area contributed by atoms with E-state index in [9.17, 15) is 9.59 Å². The summed E-state index contributed by atoms with van der Waals surface area (Å²) in [6.45, 7) is 5.02. The Bertz CT molecular complexity index is 1030. The molecule has 1 heterocycles. The van der Waals surface area contributed by atoms with Gasteiger partial charge in [0.15, 0.2) is 0 Å². The lowest BCUT2D eigenvalue weighted by Crippen LogP contribution is -2.35. The number of carbonyl (C=O) groups excluding carboxylic acids is 1. The van der Waals surface area contributed by atoms with Gasteiger partial charge in [0, 0.05) is 11.6 Å². The zero-order valence-corrected chi connectivity index (χ0v) is 17.1. The van der Waals surface area contributed by atoms with Crippen molar-refractivity contribution in [2.24, 2.45) is 0 Å². The molecular formula is C23H25N3O4. The Hall–Kier alpha value is -3.61. The molecule has 2 aromatic carbocycles. The third-order valence-corrected chi connectivity index (χ3v) is 4.34. The summed E-state index contributed by atoms with van der Waals surface area (Å²) in [6, 6.07) is 18.2. The summed E-state index contributed by atoms with van der Waals surface area (Å²) >= 11 is 0. The maximum atomic E-state index is 12.2. The lowest BCUT2D eigenvalue weighted by molar-refractivity contribution is -0.122. The van der Waals surface area contributed by atoms with Gasteiger partial charge >= 0.3 is 0 Å². The van der Waals surface area contributed by atoms with Crippen LogP contribution < -0.4 is 20.3 Å². The van der Waals surface area contributed by atoms with Gasteiger partial charge in [0.1, 0.15) is 24.7 Å². The molecule has 0 atom stereocenters. The SMILES string of the molecule is CCOc1ccc(OCCNC(=O)Cn2nc(-c3ccc(C)cc3)ccc2=O)cc1. The summed E-state index contributed by atoms with van der Waals surface area (Å²) in [5, 5.41) is 7.05. The molecule has 7 heteroatoms. The molecule has 1 aromatic heterocycles. The van der Waals surface area contributed by atoms with E-state index in [1.807, 2.05) is 62.4 Å². The first-order valence-electron chi connectivity index (χ1n) is 9.82. The van der Waals surface area contributed by atoms with Crippen molar-refractivity contribution in [3.8, 4) is 22.8 Å². The maximum Gasteiger partial charge on any atom is 0.267 e. The number of rotatable bonds is 9. The van der Waals surface area contributed by atoms with Crippen LogP contribution in [0, 0.1) is 6.92 Å². The van der Waals surface area contributed by atoms with Crippen molar-refractivity contribution < 1.29 is 14.3 Å². The fourth-order valence-electron chi connectivity index (χ4n) is 2.79. The third-order valence-electron chi connectivity index (χ3n) is 4.34. The van der Waals surface area contributed by atoms with Gasteiger partial charge in [-0.1, -0.05) is 29.8 Å². The zero-order chi connectivity index (χ0) is 21.3. The van der Waals surface area contributed by atoms with Crippen LogP contribution in [0.15, 0.2) is 65.5 Å². The molecule has 3 rings (SSSR count). The number of ether oxygens (including phenoxy) is 2. The Morgan fingerprint density at radius 2 is 1.63 bits per heavy atom. The number of carbonyl (C=O) groups is 1. The number of benzene rings is 2. The summed E-state index contributed by atoms with van der Waals surface area (Å²) in [5.74, 6) is 1.17. The first-order chi connectivity index (χ1) is 14.5. The van der Waals surface area contributed by atoms with Gasteiger partial charge < -0.3 is 14.8 Å². The molecule has 7 nitrogen and oxygen atoms in total. The highest BCUT2D eigenvalue weighted by atomic mass is 16.5. The van der Waals surface area contributed by atoms with Crippen LogP contribution in [-0.2, 0) is 11.3 Å². The second kappa shape index (κ2) is 10.2. The molecule has 1 N–H and O–H groups in total. The molecule has 0 radical (unpaired) electrons. The highest BCUT2D eigenvalue weighted by Gasteiger charge is 2.08. The van der Waals surface area contributed by atoms with Gasteiger partial charge in [-0.3, -0.25) is 9.59 Å². The monoisotopic (exact) mass is 407 g/mol. The molecule has 3 aromatic rings. The minimum Gasteiger partial charge on any atom is -0.494 e. The Labute approximate surface area is 175 Å². The number of hydrogen-bond donors (Lipinski definition) is 1. The summed E-state index contributed by atoms with van der Waals surface area (Å²) in [6.07, 6.45) is 0. The van der Waals surface area contributed by atoms with Gasteiger partial charge in [-0.2, -0.15) is 5.10 Å². The minimum atomic E-state index is -0.327. The van der Waals surface area contributed by atoms with Crippen LogP contribution in [0.4, 0.5) is 0 Å². The molecule has 0 saturated heterocycles. The van der Waals surface area contributed by atoms with E-state index in [4.69, 9.17) is 9.47 Å². The Morgan fingerprint density at radius 1 is 0.967 bits per heavy atom. The molecule has 0 aliphatic heterocycles. The number of hydrogen-bond acceptors (Lipinski definition) is 5. The molecule has 30 heavy (non-hydrogen) atoms. The van der Waals surface area contributed by atoms with Crippen molar-refractivity contribution in [2.75, 3.05) is 19.8 Å². The first-order valence-corrected chi connectivity index (χ1v) is 9.82. The molecule has 0 bridgehead atoms. The Balaban J connectivity index is 1.50. The fraction of sp³-hybridized carbons (Fsp3) is 0.261. The van der Waals surface area contributed by atoms with Gasteiger partial charge in [0.25, 0.3) is 5.56 Å². The largest absolute Gasteiger partial charge is 0.494 e. The van der Waals surface area contributed by atoms with E-state index in [0.717, 1.165) is 21.6 Å². The molecule has 0 saturated carbocycles. The van der Waals surface area contributed by atoms with Crippen molar-refractivity contribution in [2.45, 2.75) is 20.4 Å². The molecular weight excluding hydrogens is 382 g/mol. The van der Waals surface area contributed by atoms with Gasteiger partial charge in [0.05, 0.1) is 18.8 Å². The third kappa shape index (κ3) is 5.94. The average molecular weight is 407 g/mol. The van der Waals surface area contributed by atoms with Crippen LogP contribution in [0.1, 0.15) is 12.5 Å². The van der Waals surface area contributed by atoms with Crippen LogP contribution in [0.5, 0.6) is 11.5 Å². The minimum absolute atomic E-state index is 0.151.